The average Bonchev–Trinajstić information content (AvgIpc) is 4.05. The van der Waals surface area contributed by atoms with Crippen LogP contribution < -0.4 is 20.9 Å². The summed E-state index contributed by atoms with van der Waals surface area (Å²) in [7, 11) is 3.81. The molecule has 2 fully saturated rings. The average molecular weight is 759 g/mol. The number of furan rings is 2. The third-order valence-corrected chi connectivity index (χ3v) is 9.37. The van der Waals surface area contributed by atoms with Crippen LogP contribution in [0.15, 0.2) is 108 Å². The molecular weight excluding hydrogens is 720 g/mol. The van der Waals surface area contributed by atoms with Crippen LogP contribution in [0.25, 0.3) is 22.2 Å². The van der Waals surface area contributed by atoms with Gasteiger partial charge in [-0.3, -0.25) is 9.97 Å². The second kappa shape index (κ2) is 16.3. The highest BCUT2D eigenvalue weighted by molar-refractivity contribution is 6.28. The van der Waals surface area contributed by atoms with E-state index in [0.717, 1.165) is 31.4 Å². The Morgan fingerprint density at radius 2 is 1.38 bits per heavy atom. The summed E-state index contributed by atoms with van der Waals surface area (Å²) in [6.07, 6.45) is 22.5. The van der Waals surface area contributed by atoms with Crippen molar-refractivity contribution in [3.63, 3.8) is 0 Å². The summed E-state index contributed by atoms with van der Waals surface area (Å²) >= 11 is 5.82. The van der Waals surface area contributed by atoms with Crippen molar-refractivity contribution in [1.29, 1.82) is 0 Å². The van der Waals surface area contributed by atoms with Gasteiger partial charge in [-0.15, -0.1) is 0 Å². The topological polar surface area (TPSA) is 179 Å². The fourth-order valence-corrected chi connectivity index (χ4v) is 6.83. The number of halogens is 1. The normalized spacial score (nSPS) is 16.5. The Balaban J connectivity index is 0.000000130. The highest BCUT2D eigenvalue weighted by atomic mass is 35.5. The first kappa shape index (κ1) is 35.6. The van der Waals surface area contributed by atoms with E-state index in [1.807, 2.05) is 72.4 Å². The van der Waals surface area contributed by atoms with Gasteiger partial charge >= 0.3 is 0 Å². The molecule has 0 aliphatic carbocycles. The minimum absolute atomic E-state index is 0.164. The number of pyridine rings is 2. The van der Waals surface area contributed by atoms with E-state index in [4.69, 9.17) is 30.4 Å². The standard InChI is InChI=1S/C19H19N7O.C10H8ClN5O.C9H12N2/c1-25-11-16(21-12-25)23-18-17-14(6-9-27-17)22-19(24-18)26-8-3-5-15(26)13-4-2-7-20-10-13;1-16-4-7(12-5-16)14-9-8-6(2-3-17-8)13-10(11)15-9;1-3-8(7-10-5-1)9-4-2-6-11-9/h2,4,6-7,9-12,15H,3,5,8H2,1H3,(H,22,23,24);2-5H,1H3,(H,13,14,15);1,3,5,7,9,11H,2,4,6H2. The van der Waals surface area contributed by atoms with E-state index < -0.39 is 0 Å². The summed E-state index contributed by atoms with van der Waals surface area (Å²) in [6, 6.07) is 12.6. The van der Waals surface area contributed by atoms with Gasteiger partial charge in [-0.05, 0) is 67.1 Å². The molecule has 2 aliphatic heterocycles. The van der Waals surface area contributed by atoms with E-state index in [-0.39, 0.29) is 11.3 Å². The van der Waals surface area contributed by atoms with Gasteiger partial charge in [0, 0.05) is 76.0 Å². The van der Waals surface area contributed by atoms with Crippen molar-refractivity contribution < 1.29 is 8.83 Å². The first-order valence-electron chi connectivity index (χ1n) is 17.9. The van der Waals surface area contributed by atoms with Gasteiger partial charge in [0.1, 0.15) is 22.7 Å². The van der Waals surface area contributed by atoms with Gasteiger partial charge in [-0.2, -0.15) is 9.97 Å². The SMILES string of the molecule is Cn1cnc(Nc2nc(Cl)nc3ccoc23)c1.Cn1cnc(Nc2nc(N3CCCC3c3cccnc3)nc3ccoc23)c1.c1cncc(C2CCCN2)c1. The third-order valence-electron chi connectivity index (χ3n) is 9.20. The van der Waals surface area contributed by atoms with E-state index >= 15 is 0 Å². The number of anilines is 5. The molecule has 8 aromatic heterocycles. The molecule has 10 heterocycles. The third kappa shape index (κ3) is 8.40. The van der Waals surface area contributed by atoms with Crippen LogP contribution in [-0.2, 0) is 14.1 Å². The zero-order valence-corrected chi connectivity index (χ0v) is 31.0. The first-order chi connectivity index (χ1) is 27.0. The summed E-state index contributed by atoms with van der Waals surface area (Å²) in [5.41, 5.74) is 5.12. The van der Waals surface area contributed by atoms with Crippen LogP contribution >= 0.6 is 11.6 Å². The fraction of sp³-hybridized carbons (Fsp3) is 0.263. The van der Waals surface area contributed by atoms with Crippen molar-refractivity contribution in [2.45, 2.75) is 37.8 Å². The van der Waals surface area contributed by atoms with Crippen molar-refractivity contribution in [1.82, 2.24) is 54.3 Å². The Bertz CT molecular complexity index is 2460. The minimum atomic E-state index is 0.164. The Labute approximate surface area is 321 Å². The predicted molar refractivity (Wildman–Crippen MR) is 209 cm³/mol. The monoisotopic (exact) mass is 758 g/mol. The van der Waals surface area contributed by atoms with Crippen molar-refractivity contribution in [3.05, 3.63) is 115 Å². The number of nitrogens with one attached hydrogen (secondary N) is 3. The maximum Gasteiger partial charge on any atom is 0.228 e. The van der Waals surface area contributed by atoms with E-state index in [1.165, 1.54) is 24.0 Å². The Kier molecular flexibility index (Phi) is 10.6. The summed E-state index contributed by atoms with van der Waals surface area (Å²) in [5.74, 6) is 3.19. The summed E-state index contributed by atoms with van der Waals surface area (Å²) < 4.78 is 14.6. The van der Waals surface area contributed by atoms with Crippen LogP contribution in [0, 0.1) is 0 Å². The molecule has 0 radical (unpaired) electrons. The lowest BCUT2D eigenvalue weighted by molar-refractivity contribution is 0.614. The number of imidazole rings is 2. The van der Waals surface area contributed by atoms with E-state index in [9.17, 15) is 0 Å². The fourth-order valence-electron chi connectivity index (χ4n) is 6.66. The number of hydrogen-bond acceptors (Lipinski definition) is 14. The van der Waals surface area contributed by atoms with Crippen LogP contribution in [0.5, 0.6) is 0 Å². The molecule has 3 N–H and O–H groups in total. The number of rotatable bonds is 7. The molecule has 2 atom stereocenters. The maximum atomic E-state index is 5.82. The Hall–Kier alpha value is -6.39. The molecule has 17 heteroatoms. The lowest BCUT2D eigenvalue weighted by Crippen LogP contribution is -2.25. The van der Waals surface area contributed by atoms with Crippen LogP contribution in [0.3, 0.4) is 0 Å². The van der Waals surface area contributed by atoms with Gasteiger partial charge in [-0.25, -0.2) is 19.9 Å². The molecule has 8 aromatic rings. The van der Waals surface area contributed by atoms with Crippen LogP contribution in [0.1, 0.15) is 48.9 Å². The number of aromatic nitrogens is 10. The quantitative estimate of drug-likeness (QED) is 0.138. The number of fused-ring (bicyclic) bond motifs is 2. The zero-order chi connectivity index (χ0) is 37.6. The molecule has 0 spiro atoms. The number of nitrogens with zero attached hydrogens (tertiary/aromatic N) is 11. The van der Waals surface area contributed by atoms with Gasteiger partial charge in [0.25, 0.3) is 0 Å². The van der Waals surface area contributed by atoms with Gasteiger partial charge < -0.3 is 38.8 Å². The first-order valence-corrected chi connectivity index (χ1v) is 18.3. The predicted octanol–water partition coefficient (Wildman–Crippen LogP) is 7.30. The van der Waals surface area contributed by atoms with Crippen molar-refractivity contribution in [2.24, 2.45) is 14.1 Å². The minimum Gasteiger partial charge on any atom is -0.459 e. The molecule has 55 heavy (non-hydrogen) atoms. The smallest absolute Gasteiger partial charge is 0.228 e. The van der Waals surface area contributed by atoms with Gasteiger partial charge in [0.15, 0.2) is 22.8 Å². The second-order valence-electron chi connectivity index (χ2n) is 13.2. The van der Waals surface area contributed by atoms with Crippen LogP contribution in [0.2, 0.25) is 5.28 Å². The van der Waals surface area contributed by atoms with Gasteiger partial charge in [-0.1, -0.05) is 12.1 Å². The molecule has 2 aliphatic rings. The molecule has 10 rings (SSSR count). The highest BCUT2D eigenvalue weighted by Crippen LogP contribution is 2.36. The number of hydrogen-bond donors (Lipinski definition) is 3. The second-order valence-corrected chi connectivity index (χ2v) is 13.5. The molecule has 2 unspecified atom stereocenters. The molecule has 16 nitrogen and oxygen atoms in total. The highest BCUT2D eigenvalue weighted by Gasteiger charge is 2.29. The van der Waals surface area contributed by atoms with Gasteiger partial charge in [0.2, 0.25) is 11.2 Å². The van der Waals surface area contributed by atoms with Crippen molar-refractivity contribution in [2.75, 3.05) is 28.6 Å². The van der Waals surface area contributed by atoms with Gasteiger partial charge in [0.05, 0.1) is 31.2 Å². The molecule has 0 amide bonds. The Morgan fingerprint density at radius 1 is 0.745 bits per heavy atom. The number of aryl methyl sites for hydroxylation is 2. The largest absolute Gasteiger partial charge is 0.459 e. The summed E-state index contributed by atoms with van der Waals surface area (Å²) in [5, 5.41) is 9.89. The molecular formula is C38H39ClN14O2. The zero-order valence-electron chi connectivity index (χ0n) is 30.2. The Morgan fingerprint density at radius 3 is 1.96 bits per heavy atom. The van der Waals surface area contributed by atoms with Crippen LogP contribution in [-0.4, -0.2) is 62.1 Å². The molecule has 0 saturated carbocycles. The summed E-state index contributed by atoms with van der Waals surface area (Å²) in [6.45, 7) is 2.06. The maximum absolute atomic E-state index is 5.82. The molecule has 280 valence electrons. The van der Waals surface area contributed by atoms with E-state index in [2.05, 4.69) is 62.9 Å². The van der Waals surface area contributed by atoms with Crippen molar-refractivity contribution in [3.8, 4) is 0 Å². The lowest BCUT2D eigenvalue weighted by Gasteiger charge is -2.25. The molecule has 0 aromatic carbocycles. The van der Waals surface area contributed by atoms with Crippen molar-refractivity contribution >= 4 is 63.0 Å². The van der Waals surface area contributed by atoms with Crippen LogP contribution in [0.4, 0.5) is 29.2 Å². The lowest BCUT2D eigenvalue weighted by atomic mass is 10.1. The molecule has 2 saturated heterocycles. The summed E-state index contributed by atoms with van der Waals surface area (Å²) in [4.78, 5) is 36.7. The molecule has 0 bridgehead atoms. The van der Waals surface area contributed by atoms with E-state index in [0.29, 0.717) is 51.9 Å². The van der Waals surface area contributed by atoms with E-state index in [1.54, 1.807) is 37.4 Å².